The van der Waals surface area contributed by atoms with Gasteiger partial charge in [0.05, 0.1) is 30.5 Å². The number of carbonyl (C=O) groups excluding carboxylic acids is 1. The molecule has 2 heterocycles. The lowest BCUT2D eigenvalue weighted by Crippen LogP contribution is -2.58. The van der Waals surface area contributed by atoms with Crippen molar-refractivity contribution in [2.24, 2.45) is 35.5 Å². The van der Waals surface area contributed by atoms with Gasteiger partial charge in [0.1, 0.15) is 12.2 Å². The zero-order valence-electron chi connectivity index (χ0n) is 30.5. The highest BCUT2D eigenvalue weighted by Gasteiger charge is 2.50. The van der Waals surface area contributed by atoms with Gasteiger partial charge in [-0.2, -0.15) is 0 Å². The summed E-state index contributed by atoms with van der Waals surface area (Å²) in [6.07, 6.45) is 6.48. The molecule has 14 atom stereocenters. The molecule has 0 aromatic rings. The van der Waals surface area contributed by atoms with Crippen LogP contribution in [0.15, 0.2) is 59.4 Å². The molecule has 2 aliphatic heterocycles. The highest BCUT2D eigenvalue weighted by molar-refractivity contribution is 5.86. The normalized spacial score (nSPS) is 42.5. The maximum atomic E-state index is 13.3. The SMILES string of the molecule is C/C=C/[C@H]1O[C@@](O)([C@@H](C)[C@H](O)[C@H](C)[C@H]2OC(=O)/C(O)=C/C(C)=C/[C@@H](C)[C@@H](O)[C@@H](CC)[C@@H](O)[C@H](C)C/C(C)=C/C=C/[C@@H]2OC)C[C@@H](O)[C@@H]1C. The zero-order chi connectivity index (χ0) is 36.5. The molecule has 6 N–H and O–H groups in total. The van der Waals surface area contributed by atoms with Gasteiger partial charge in [-0.15, -0.1) is 0 Å². The van der Waals surface area contributed by atoms with E-state index in [-0.39, 0.29) is 30.1 Å². The number of hydrogen-bond donors (Lipinski definition) is 6. The van der Waals surface area contributed by atoms with Crippen LogP contribution in [0.5, 0.6) is 0 Å². The van der Waals surface area contributed by atoms with Crippen LogP contribution in [0.2, 0.25) is 0 Å². The van der Waals surface area contributed by atoms with E-state index < -0.39 is 72.1 Å². The Balaban J connectivity index is 2.54. The Bertz CT molecular complexity index is 1190. The summed E-state index contributed by atoms with van der Waals surface area (Å²) in [7, 11) is 1.44. The van der Waals surface area contributed by atoms with Crippen molar-refractivity contribution >= 4 is 5.97 Å². The van der Waals surface area contributed by atoms with Crippen molar-refractivity contribution in [2.75, 3.05) is 7.11 Å². The van der Waals surface area contributed by atoms with Gasteiger partial charge in [0, 0.05) is 43.1 Å². The van der Waals surface area contributed by atoms with Crippen molar-refractivity contribution < 1.29 is 49.6 Å². The molecule has 0 bridgehead atoms. The molecule has 10 nitrogen and oxygen atoms in total. The first-order valence-corrected chi connectivity index (χ1v) is 17.3. The molecule has 0 radical (unpaired) electrons. The molecule has 0 saturated carbocycles. The summed E-state index contributed by atoms with van der Waals surface area (Å²) in [5, 5.41) is 67.2. The molecule has 1 saturated heterocycles. The topological polar surface area (TPSA) is 166 Å². The monoisotopic (exact) mass is 678 g/mol. The molecule has 1 fully saturated rings. The molecule has 0 aromatic heterocycles. The predicted molar refractivity (Wildman–Crippen MR) is 186 cm³/mol. The van der Waals surface area contributed by atoms with Crippen molar-refractivity contribution in [1.29, 1.82) is 0 Å². The largest absolute Gasteiger partial charge is 0.502 e. The van der Waals surface area contributed by atoms with Crippen LogP contribution in [0.1, 0.15) is 81.6 Å². The molecule has 2 rings (SSSR count). The molecule has 0 spiro atoms. The van der Waals surface area contributed by atoms with E-state index in [0.717, 1.165) is 5.57 Å². The fraction of sp³-hybridized carbons (Fsp3) is 0.711. The Morgan fingerprint density at radius 3 is 2.35 bits per heavy atom. The quantitative estimate of drug-likeness (QED) is 0.161. The second-order valence-corrected chi connectivity index (χ2v) is 14.2. The van der Waals surface area contributed by atoms with Crippen LogP contribution >= 0.6 is 0 Å². The maximum absolute atomic E-state index is 13.3. The minimum Gasteiger partial charge on any atom is -0.502 e. The van der Waals surface area contributed by atoms with Crippen molar-refractivity contribution in [3.05, 3.63) is 59.4 Å². The number of cyclic esters (lactones) is 1. The van der Waals surface area contributed by atoms with Gasteiger partial charge in [-0.05, 0) is 45.6 Å². The van der Waals surface area contributed by atoms with Crippen LogP contribution in [0.3, 0.4) is 0 Å². The highest BCUT2D eigenvalue weighted by atomic mass is 16.6. The minimum atomic E-state index is -1.88. The van der Waals surface area contributed by atoms with Crippen LogP contribution < -0.4 is 0 Å². The third-order valence-corrected chi connectivity index (χ3v) is 10.4. The van der Waals surface area contributed by atoms with Crippen LogP contribution in [-0.4, -0.2) is 92.2 Å². The first kappa shape index (κ1) is 41.9. The lowest BCUT2D eigenvalue weighted by molar-refractivity contribution is -0.313. The van der Waals surface area contributed by atoms with Crippen molar-refractivity contribution in [3.63, 3.8) is 0 Å². The molecule has 2 aliphatic rings. The van der Waals surface area contributed by atoms with Gasteiger partial charge in [0.15, 0.2) is 5.79 Å². The summed E-state index contributed by atoms with van der Waals surface area (Å²) < 4.78 is 17.7. The van der Waals surface area contributed by atoms with Crippen molar-refractivity contribution in [1.82, 2.24) is 0 Å². The number of rotatable bonds is 7. The van der Waals surface area contributed by atoms with E-state index in [1.165, 1.54) is 13.2 Å². The average molecular weight is 679 g/mol. The number of aliphatic hydroxyl groups is 6. The van der Waals surface area contributed by atoms with Gasteiger partial charge in [0.25, 0.3) is 0 Å². The van der Waals surface area contributed by atoms with Crippen LogP contribution in [0.4, 0.5) is 0 Å². The highest BCUT2D eigenvalue weighted by Crippen LogP contribution is 2.40. The lowest BCUT2D eigenvalue weighted by Gasteiger charge is -2.47. The number of allylic oxidation sites excluding steroid dienone is 6. The molecule has 10 heteroatoms. The van der Waals surface area contributed by atoms with Gasteiger partial charge >= 0.3 is 5.97 Å². The number of hydrogen-bond acceptors (Lipinski definition) is 10. The van der Waals surface area contributed by atoms with E-state index in [0.29, 0.717) is 18.4 Å². The molecular formula is C38H62O10. The van der Waals surface area contributed by atoms with Crippen molar-refractivity contribution in [3.8, 4) is 0 Å². The van der Waals surface area contributed by atoms with Gasteiger partial charge in [-0.1, -0.05) is 89.1 Å². The second kappa shape index (κ2) is 18.6. The smallest absolute Gasteiger partial charge is 0.373 e. The van der Waals surface area contributed by atoms with Gasteiger partial charge < -0.3 is 44.8 Å². The van der Waals surface area contributed by atoms with Crippen LogP contribution in [-0.2, 0) is 19.0 Å². The summed E-state index contributed by atoms with van der Waals surface area (Å²) in [5.74, 6) is -6.57. The summed E-state index contributed by atoms with van der Waals surface area (Å²) in [4.78, 5) is 13.3. The fourth-order valence-electron chi connectivity index (χ4n) is 7.05. The van der Waals surface area contributed by atoms with Crippen LogP contribution in [0, 0.1) is 35.5 Å². The van der Waals surface area contributed by atoms with E-state index in [1.807, 2.05) is 47.6 Å². The Labute approximate surface area is 287 Å². The summed E-state index contributed by atoms with van der Waals surface area (Å²) >= 11 is 0. The number of ether oxygens (including phenoxy) is 3. The molecule has 0 aliphatic carbocycles. The molecule has 48 heavy (non-hydrogen) atoms. The van der Waals surface area contributed by atoms with E-state index in [1.54, 1.807) is 51.2 Å². The first-order valence-electron chi connectivity index (χ1n) is 17.3. The van der Waals surface area contributed by atoms with Crippen LogP contribution in [0.25, 0.3) is 0 Å². The number of methoxy groups -OCH3 is 1. The standard InChI is InChI=1S/C38H62O10/c1-11-14-31-25(7)30(40)20-38(45,48-31)27(9)35(43)26(8)36-32(46-10)16-13-15-21(3)17-23(5)33(41)28(12-2)34(42)24(6)18-22(4)19-29(39)37(44)47-36/h11,13-16,18-19,23-28,30-36,39-43,45H,12,17,20H2,1-10H3/b14-11+,16-13+,21-15+,22-18+,29-19-/t23-,24-,25+,26+,27+,28+,30-,31-,32+,33+,34-,35-,36-,38-/m1/s1. The molecule has 0 unspecified atom stereocenters. The maximum Gasteiger partial charge on any atom is 0.373 e. The zero-order valence-corrected chi connectivity index (χ0v) is 30.5. The Hall–Kier alpha value is -2.31. The third-order valence-electron chi connectivity index (χ3n) is 10.4. The number of aliphatic hydroxyl groups excluding tert-OH is 5. The summed E-state index contributed by atoms with van der Waals surface area (Å²) in [5.41, 5.74) is 1.48. The van der Waals surface area contributed by atoms with Gasteiger partial charge in [-0.3, -0.25) is 0 Å². The lowest BCUT2D eigenvalue weighted by atomic mass is 9.77. The van der Waals surface area contributed by atoms with Gasteiger partial charge in [0.2, 0.25) is 5.76 Å². The Morgan fingerprint density at radius 1 is 1.12 bits per heavy atom. The van der Waals surface area contributed by atoms with E-state index in [4.69, 9.17) is 14.2 Å². The summed E-state index contributed by atoms with van der Waals surface area (Å²) in [6, 6.07) is 0. The minimum absolute atomic E-state index is 0.121. The molecular weight excluding hydrogens is 616 g/mol. The molecule has 0 amide bonds. The summed E-state index contributed by atoms with van der Waals surface area (Å²) in [6.45, 7) is 16.2. The van der Waals surface area contributed by atoms with Crippen molar-refractivity contribution in [2.45, 2.75) is 130 Å². The molecule has 274 valence electrons. The number of esters is 1. The molecule has 0 aromatic carbocycles. The third kappa shape index (κ3) is 10.6. The van der Waals surface area contributed by atoms with E-state index in [2.05, 4.69) is 0 Å². The first-order chi connectivity index (χ1) is 22.4. The van der Waals surface area contributed by atoms with E-state index >= 15 is 0 Å². The fourth-order valence-corrected chi connectivity index (χ4v) is 7.05. The van der Waals surface area contributed by atoms with Gasteiger partial charge in [-0.25, -0.2) is 4.79 Å². The predicted octanol–water partition coefficient (Wildman–Crippen LogP) is 4.91. The average Bonchev–Trinajstić information content (AvgIpc) is 3.03. The number of carbonyl (C=O) groups is 1. The Morgan fingerprint density at radius 2 is 1.77 bits per heavy atom. The second-order valence-electron chi connectivity index (χ2n) is 14.2. The Kier molecular flexibility index (Phi) is 16.2. The van der Waals surface area contributed by atoms with E-state index in [9.17, 15) is 35.4 Å².